The minimum atomic E-state index is -1.05. The van der Waals surface area contributed by atoms with Gasteiger partial charge in [-0.1, -0.05) is 0 Å². The maximum atomic E-state index is 11.9. The second kappa shape index (κ2) is 12.0. The van der Waals surface area contributed by atoms with Crippen molar-refractivity contribution in [2.24, 2.45) is 22.2 Å². The van der Waals surface area contributed by atoms with Crippen LogP contribution in [0, 0.1) is 0 Å². The second-order valence-corrected chi connectivity index (χ2v) is 5.62. The predicted octanol–water partition coefficient (Wildman–Crippen LogP) is -2.79. The zero-order chi connectivity index (χ0) is 19.4. The molecule has 0 heterocycles. The summed E-state index contributed by atoms with van der Waals surface area (Å²) in [7, 11) is 0. The summed E-state index contributed by atoms with van der Waals surface area (Å²) in [4.78, 5) is 37.7. The summed E-state index contributed by atoms with van der Waals surface area (Å²) in [5.74, 6) is -2.19. The van der Waals surface area contributed by atoms with Gasteiger partial charge in [-0.15, -0.1) is 0 Å². The Morgan fingerprint density at radius 1 is 1.20 bits per heavy atom. The van der Waals surface area contributed by atoms with E-state index in [0.717, 1.165) is 0 Å². The highest BCUT2D eigenvalue weighted by Gasteiger charge is 2.19. The Bertz CT molecular complexity index is 478. The molecule has 0 aliphatic carbocycles. The van der Waals surface area contributed by atoms with Gasteiger partial charge in [0.25, 0.3) is 0 Å². The lowest BCUT2D eigenvalue weighted by molar-refractivity contribution is -0.137. The molecule has 0 radical (unpaired) electrons. The summed E-state index contributed by atoms with van der Waals surface area (Å²) < 4.78 is 0. The topological polar surface area (TPSA) is 206 Å². The van der Waals surface area contributed by atoms with E-state index in [-0.39, 0.29) is 25.3 Å². The van der Waals surface area contributed by atoms with Crippen LogP contribution in [0.4, 0.5) is 0 Å². The van der Waals surface area contributed by atoms with Gasteiger partial charge in [0.05, 0.1) is 24.7 Å². The van der Waals surface area contributed by atoms with Gasteiger partial charge in [-0.05, 0) is 26.2 Å². The fourth-order valence-corrected chi connectivity index (χ4v) is 1.92. The molecule has 0 fully saturated rings. The highest BCUT2D eigenvalue weighted by Crippen LogP contribution is 2.03. The van der Waals surface area contributed by atoms with Crippen molar-refractivity contribution in [1.82, 2.24) is 10.6 Å². The molecule has 25 heavy (non-hydrogen) atoms. The molecule has 0 aliphatic heterocycles. The van der Waals surface area contributed by atoms with Gasteiger partial charge < -0.3 is 38.0 Å². The quantitative estimate of drug-likeness (QED) is 0.110. The van der Waals surface area contributed by atoms with E-state index in [4.69, 9.17) is 22.3 Å². The van der Waals surface area contributed by atoms with Crippen molar-refractivity contribution in [3.8, 4) is 0 Å². The fourth-order valence-electron chi connectivity index (χ4n) is 1.92. The van der Waals surface area contributed by atoms with Gasteiger partial charge in [-0.25, -0.2) is 0 Å². The SMILES string of the molecule is C[C@@H](O)[C@H](CCCN=C(N)N)NC(=O)CNC(=O)[C@@H](N)CCC(=O)O. The number of amides is 2. The van der Waals surface area contributed by atoms with E-state index < -0.39 is 36.0 Å². The van der Waals surface area contributed by atoms with E-state index in [1.807, 2.05) is 0 Å². The Hall–Kier alpha value is -2.40. The van der Waals surface area contributed by atoms with Gasteiger partial charge in [0.1, 0.15) is 0 Å². The first-order valence-corrected chi connectivity index (χ1v) is 7.91. The summed E-state index contributed by atoms with van der Waals surface area (Å²) in [5, 5.41) is 23.2. The van der Waals surface area contributed by atoms with Gasteiger partial charge in [-0.3, -0.25) is 19.4 Å². The number of hydrogen-bond donors (Lipinski definition) is 7. The summed E-state index contributed by atoms with van der Waals surface area (Å²) in [6.45, 7) is 1.58. The van der Waals surface area contributed by atoms with Crippen LogP contribution in [0.15, 0.2) is 4.99 Å². The van der Waals surface area contributed by atoms with E-state index >= 15 is 0 Å². The first-order valence-electron chi connectivity index (χ1n) is 7.91. The van der Waals surface area contributed by atoms with Crippen molar-refractivity contribution in [3.05, 3.63) is 0 Å². The molecule has 0 unspecified atom stereocenters. The van der Waals surface area contributed by atoms with Gasteiger partial charge in [0.2, 0.25) is 11.8 Å². The predicted molar refractivity (Wildman–Crippen MR) is 91.4 cm³/mol. The molecule has 0 aliphatic rings. The van der Waals surface area contributed by atoms with E-state index in [1.165, 1.54) is 6.92 Å². The number of guanidine groups is 1. The Labute approximate surface area is 146 Å². The Balaban J connectivity index is 4.23. The molecule has 0 aromatic heterocycles. The van der Waals surface area contributed by atoms with Crippen LogP contribution in [-0.4, -0.2) is 65.2 Å². The summed E-state index contributed by atoms with van der Waals surface area (Å²) in [5.41, 5.74) is 15.9. The number of nitrogens with one attached hydrogen (secondary N) is 2. The van der Waals surface area contributed by atoms with Crippen LogP contribution in [0.5, 0.6) is 0 Å². The summed E-state index contributed by atoms with van der Waals surface area (Å²) in [6.07, 6.45) is -0.0477. The number of carbonyl (C=O) groups excluding carboxylic acids is 2. The highest BCUT2D eigenvalue weighted by molar-refractivity contribution is 5.87. The normalized spacial score (nSPS) is 14.0. The number of carboxylic acid groups (broad SMARTS) is 1. The Morgan fingerprint density at radius 3 is 2.36 bits per heavy atom. The van der Waals surface area contributed by atoms with Gasteiger partial charge >= 0.3 is 5.97 Å². The fraction of sp³-hybridized carbons (Fsp3) is 0.714. The number of aliphatic hydroxyl groups excluding tert-OH is 1. The smallest absolute Gasteiger partial charge is 0.303 e. The molecular formula is C14H28N6O5. The molecule has 144 valence electrons. The molecule has 11 nitrogen and oxygen atoms in total. The highest BCUT2D eigenvalue weighted by atomic mass is 16.4. The van der Waals surface area contributed by atoms with Crippen LogP contribution in [0.1, 0.15) is 32.6 Å². The maximum absolute atomic E-state index is 11.9. The van der Waals surface area contributed by atoms with E-state index in [0.29, 0.717) is 19.4 Å². The number of carbonyl (C=O) groups is 3. The lowest BCUT2D eigenvalue weighted by Gasteiger charge is -2.21. The third kappa shape index (κ3) is 11.7. The van der Waals surface area contributed by atoms with E-state index in [2.05, 4.69) is 15.6 Å². The van der Waals surface area contributed by atoms with Crippen LogP contribution < -0.4 is 27.8 Å². The molecule has 0 aromatic rings. The monoisotopic (exact) mass is 360 g/mol. The van der Waals surface area contributed by atoms with E-state index in [1.54, 1.807) is 0 Å². The third-order valence-electron chi connectivity index (χ3n) is 3.33. The van der Waals surface area contributed by atoms with Crippen LogP contribution in [0.3, 0.4) is 0 Å². The van der Waals surface area contributed by atoms with Crippen molar-refractivity contribution < 1.29 is 24.6 Å². The summed E-state index contributed by atoms with van der Waals surface area (Å²) in [6, 6.07) is -1.52. The molecule has 0 bridgehead atoms. The zero-order valence-corrected chi connectivity index (χ0v) is 14.3. The van der Waals surface area contributed by atoms with Crippen molar-refractivity contribution in [2.45, 2.75) is 50.8 Å². The summed E-state index contributed by atoms with van der Waals surface area (Å²) >= 11 is 0. The third-order valence-corrected chi connectivity index (χ3v) is 3.33. The van der Waals surface area contributed by atoms with Crippen LogP contribution in [-0.2, 0) is 14.4 Å². The van der Waals surface area contributed by atoms with Crippen molar-refractivity contribution in [3.63, 3.8) is 0 Å². The lowest BCUT2D eigenvalue weighted by Crippen LogP contribution is -2.49. The first-order chi connectivity index (χ1) is 11.6. The van der Waals surface area contributed by atoms with Crippen LogP contribution in [0.2, 0.25) is 0 Å². The first kappa shape index (κ1) is 22.6. The maximum Gasteiger partial charge on any atom is 0.303 e. The standard InChI is InChI=1S/C14H28N6O5/c1-8(21)10(3-2-6-18-14(16)17)20-11(22)7-19-13(25)9(15)4-5-12(23)24/h8-10,21H,2-7,15H2,1H3,(H,19,25)(H,20,22)(H,23,24)(H4,16,17,18)/t8-,9+,10+/m1/s1. The van der Waals surface area contributed by atoms with Gasteiger partial charge in [-0.2, -0.15) is 0 Å². The van der Waals surface area contributed by atoms with Crippen LogP contribution in [0.25, 0.3) is 0 Å². The molecule has 3 atom stereocenters. The van der Waals surface area contributed by atoms with Crippen LogP contribution >= 0.6 is 0 Å². The Kier molecular flexibility index (Phi) is 10.9. The zero-order valence-electron chi connectivity index (χ0n) is 14.3. The average molecular weight is 360 g/mol. The number of rotatable bonds is 12. The van der Waals surface area contributed by atoms with Gasteiger partial charge in [0, 0.05) is 13.0 Å². The largest absolute Gasteiger partial charge is 0.481 e. The lowest BCUT2D eigenvalue weighted by atomic mass is 10.1. The molecule has 0 saturated heterocycles. The average Bonchev–Trinajstić information content (AvgIpc) is 2.52. The van der Waals surface area contributed by atoms with E-state index in [9.17, 15) is 19.5 Å². The van der Waals surface area contributed by atoms with Crippen molar-refractivity contribution in [1.29, 1.82) is 0 Å². The minimum Gasteiger partial charge on any atom is -0.481 e. The molecule has 0 spiro atoms. The molecule has 0 saturated carbocycles. The number of hydrogen-bond acceptors (Lipinski definition) is 6. The molecule has 0 aromatic carbocycles. The van der Waals surface area contributed by atoms with Crippen molar-refractivity contribution >= 4 is 23.7 Å². The molecule has 11 heteroatoms. The number of aliphatic hydroxyl groups is 1. The molecule has 10 N–H and O–H groups in total. The number of nitrogens with zero attached hydrogens (tertiary/aromatic N) is 1. The minimum absolute atomic E-state index is 0.0239. The number of nitrogens with two attached hydrogens (primary N) is 3. The second-order valence-electron chi connectivity index (χ2n) is 5.62. The van der Waals surface area contributed by atoms with Gasteiger partial charge in [0.15, 0.2) is 5.96 Å². The molecule has 0 rings (SSSR count). The molecule has 2 amide bonds. The molecular weight excluding hydrogens is 332 g/mol. The Morgan fingerprint density at radius 2 is 1.84 bits per heavy atom. The van der Waals surface area contributed by atoms with Crippen molar-refractivity contribution in [2.75, 3.05) is 13.1 Å². The number of aliphatic imine (C=N–C) groups is 1. The number of aliphatic carboxylic acids is 1. The number of carboxylic acids is 1.